The van der Waals surface area contributed by atoms with Crippen LogP contribution in [-0.2, 0) is 0 Å². The number of nitrogens with two attached hydrogens (primary N) is 1. The average Bonchev–Trinajstić information content (AvgIpc) is 2.26. The van der Waals surface area contributed by atoms with Gasteiger partial charge in [0, 0.05) is 12.6 Å². The number of ether oxygens (including phenoxy) is 1. The molecule has 0 spiro atoms. The molecule has 1 rings (SSSR count). The Morgan fingerprint density at radius 3 is 3.06 bits per heavy atom. The summed E-state index contributed by atoms with van der Waals surface area (Å²) in [5.74, 6) is 1.41. The highest BCUT2D eigenvalue weighted by Gasteiger charge is 2.02. The van der Waals surface area contributed by atoms with E-state index in [1.165, 1.54) is 0 Å². The minimum atomic E-state index is 0.217. The van der Waals surface area contributed by atoms with Gasteiger partial charge in [-0.25, -0.2) is 0 Å². The van der Waals surface area contributed by atoms with Gasteiger partial charge in [0.15, 0.2) is 0 Å². The molecule has 0 saturated carbocycles. The van der Waals surface area contributed by atoms with Gasteiger partial charge in [-0.3, -0.25) is 0 Å². The predicted octanol–water partition coefficient (Wildman–Crippen LogP) is 1.84. The number of nitrogens with one attached hydrogen (secondary N) is 1. The van der Waals surface area contributed by atoms with E-state index in [9.17, 15) is 0 Å². The highest BCUT2D eigenvalue weighted by atomic mass is 16.5. The summed E-state index contributed by atoms with van der Waals surface area (Å²) < 4.78 is 5.41. The summed E-state index contributed by atoms with van der Waals surface area (Å²) in [7, 11) is 0. The zero-order valence-corrected chi connectivity index (χ0v) is 9.57. The monoisotopic (exact) mass is 222 g/mol. The molecule has 3 N–H and O–H groups in total. The van der Waals surface area contributed by atoms with Gasteiger partial charge in [-0.05, 0) is 12.8 Å². The van der Waals surface area contributed by atoms with Crippen molar-refractivity contribution >= 4 is 11.8 Å². The number of nitrogen functional groups attached to an aromatic ring is 1. The third kappa shape index (κ3) is 4.16. The van der Waals surface area contributed by atoms with Gasteiger partial charge in [-0.15, -0.1) is 6.58 Å². The van der Waals surface area contributed by atoms with Gasteiger partial charge in [-0.1, -0.05) is 13.0 Å². The maximum Gasteiger partial charge on any atom is 0.225 e. The third-order valence-corrected chi connectivity index (χ3v) is 1.85. The number of hydrogen-bond donors (Lipinski definition) is 2. The molecule has 0 aliphatic rings. The van der Waals surface area contributed by atoms with Crippen LogP contribution < -0.4 is 15.8 Å². The van der Waals surface area contributed by atoms with Gasteiger partial charge in [-0.2, -0.15) is 9.97 Å². The van der Waals surface area contributed by atoms with Crippen molar-refractivity contribution in [3.63, 3.8) is 0 Å². The number of hydrogen-bond acceptors (Lipinski definition) is 5. The fraction of sp³-hybridized carbons (Fsp3) is 0.455. The molecule has 0 amide bonds. The second-order valence-electron chi connectivity index (χ2n) is 3.30. The minimum absolute atomic E-state index is 0.217. The lowest BCUT2D eigenvalue weighted by Crippen LogP contribution is -2.07. The molecule has 0 aliphatic heterocycles. The molecule has 1 aromatic rings. The molecule has 0 radical (unpaired) electrons. The number of aromatic nitrogens is 2. The molecule has 1 aromatic heterocycles. The van der Waals surface area contributed by atoms with E-state index >= 15 is 0 Å². The number of rotatable bonds is 7. The van der Waals surface area contributed by atoms with Crippen molar-refractivity contribution in [1.82, 2.24) is 9.97 Å². The van der Waals surface area contributed by atoms with E-state index < -0.39 is 0 Å². The average molecular weight is 222 g/mol. The Kier molecular flexibility index (Phi) is 5.11. The molecular formula is C11H18N4O. The first-order valence-electron chi connectivity index (χ1n) is 5.38. The largest absolute Gasteiger partial charge is 0.477 e. The van der Waals surface area contributed by atoms with Gasteiger partial charge in [0.1, 0.15) is 5.82 Å². The SMILES string of the molecule is C=CCCOc1cc(NCCC)nc(N)n1. The highest BCUT2D eigenvalue weighted by Crippen LogP contribution is 2.14. The molecular weight excluding hydrogens is 204 g/mol. The molecule has 0 unspecified atom stereocenters. The lowest BCUT2D eigenvalue weighted by molar-refractivity contribution is 0.312. The Morgan fingerprint density at radius 2 is 2.38 bits per heavy atom. The summed E-state index contributed by atoms with van der Waals surface area (Å²) in [6.45, 7) is 7.10. The van der Waals surface area contributed by atoms with Crippen molar-refractivity contribution in [3.8, 4) is 5.88 Å². The molecule has 1 heterocycles. The first kappa shape index (κ1) is 12.3. The summed E-state index contributed by atoms with van der Waals surface area (Å²) in [6, 6.07) is 1.75. The third-order valence-electron chi connectivity index (χ3n) is 1.85. The first-order chi connectivity index (χ1) is 7.76. The molecule has 0 aliphatic carbocycles. The topological polar surface area (TPSA) is 73.1 Å². The van der Waals surface area contributed by atoms with Crippen LogP contribution in [0.2, 0.25) is 0 Å². The smallest absolute Gasteiger partial charge is 0.225 e. The first-order valence-corrected chi connectivity index (χ1v) is 5.38. The lowest BCUT2D eigenvalue weighted by Gasteiger charge is -2.08. The molecule has 0 aromatic carbocycles. The zero-order chi connectivity index (χ0) is 11.8. The molecule has 88 valence electrons. The van der Waals surface area contributed by atoms with E-state index in [1.807, 2.05) is 0 Å². The van der Waals surface area contributed by atoms with Crippen molar-refractivity contribution in [2.75, 3.05) is 24.2 Å². The Balaban J connectivity index is 2.61. The van der Waals surface area contributed by atoms with Crippen molar-refractivity contribution in [2.45, 2.75) is 19.8 Å². The predicted molar refractivity (Wildman–Crippen MR) is 65.5 cm³/mol. The maximum absolute atomic E-state index is 5.57. The van der Waals surface area contributed by atoms with Crippen LogP contribution in [0.3, 0.4) is 0 Å². The Morgan fingerprint density at radius 1 is 1.56 bits per heavy atom. The molecule has 5 nitrogen and oxygen atoms in total. The fourth-order valence-corrected chi connectivity index (χ4v) is 1.11. The Hall–Kier alpha value is -1.78. The molecule has 0 fully saturated rings. The minimum Gasteiger partial charge on any atom is -0.477 e. The van der Waals surface area contributed by atoms with E-state index in [2.05, 4.69) is 28.8 Å². The molecule has 0 atom stereocenters. The number of nitrogens with zero attached hydrogens (tertiary/aromatic N) is 2. The fourth-order valence-electron chi connectivity index (χ4n) is 1.11. The second-order valence-corrected chi connectivity index (χ2v) is 3.30. The van der Waals surface area contributed by atoms with Crippen LogP contribution in [0.1, 0.15) is 19.8 Å². The van der Waals surface area contributed by atoms with Gasteiger partial charge in [0.2, 0.25) is 11.8 Å². The molecule has 5 heteroatoms. The highest BCUT2D eigenvalue weighted by molar-refractivity contribution is 5.42. The van der Waals surface area contributed by atoms with Crippen molar-refractivity contribution in [3.05, 3.63) is 18.7 Å². The van der Waals surface area contributed by atoms with Gasteiger partial charge < -0.3 is 15.8 Å². The lowest BCUT2D eigenvalue weighted by atomic mass is 10.4. The van der Waals surface area contributed by atoms with Crippen molar-refractivity contribution < 1.29 is 4.74 Å². The van der Waals surface area contributed by atoms with E-state index in [0.29, 0.717) is 18.3 Å². The van der Waals surface area contributed by atoms with Crippen LogP contribution in [0.25, 0.3) is 0 Å². The Bertz CT molecular complexity index is 341. The van der Waals surface area contributed by atoms with Crippen LogP contribution >= 0.6 is 0 Å². The number of anilines is 2. The van der Waals surface area contributed by atoms with E-state index in [0.717, 1.165) is 19.4 Å². The molecule has 16 heavy (non-hydrogen) atoms. The standard InChI is InChI=1S/C11H18N4O/c1-3-5-7-16-10-8-9(13-6-4-2)14-11(12)15-10/h3,8H,1,4-7H2,2H3,(H3,12,13,14,15). The van der Waals surface area contributed by atoms with E-state index in [1.54, 1.807) is 12.1 Å². The maximum atomic E-state index is 5.57. The quantitative estimate of drug-likeness (QED) is 0.544. The second kappa shape index (κ2) is 6.66. The van der Waals surface area contributed by atoms with E-state index in [-0.39, 0.29) is 5.95 Å². The zero-order valence-electron chi connectivity index (χ0n) is 9.57. The van der Waals surface area contributed by atoms with Crippen LogP contribution in [0.5, 0.6) is 5.88 Å². The van der Waals surface area contributed by atoms with Crippen LogP contribution in [-0.4, -0.2) is 23.1 Å². The van der Waals surface area contributed by atoms with Gasteiger partial charge in [0.05, 0.1) is 6.61 Å². The Labute approximate surface area is 95.7 Å². The molecule has 0 saturated heterocycles. The summed E-state index contributed by atoms with van der Waals surface area (Å²) >= 11 is 0. The van der Waals surface area contributed by atoms with Crippen LogP contribution in [0.15, 0.2) is 18.7 Å². The summed E-state index contributed by atoms with van der Waals surface area (Å²) in [5.41, 5.74) is 5.57. The summed E-state index contributed by atoms with van der Waals surface area (Å²) in [6.07, 6.45) is 3.60. The van der Waals surface area contributed by atoms with Gasteiger partial charge in [0.25, 0.3) is 0 Å². The van der Waals surface area contributed by atoms with Crippen molar-refractivity contribution in [2.24, 2.45) is 0 Å². The van der Waals surface area contributed by atoms with Crippen molar-refractivity contribution in [1.29, 1.82) is 0 Å². The summed E-state index contributed by atoms with van der Waals surface area (Å²) in [4.78, 5) is 8.04. The van der Waals surface area contributed by atoms with Gasteiger partial charge >= 0.3 is 0 Å². The van der Waals surface area contributed by atoms with Crippen LogP contribution in [0.4, 0.5) is 11.8 Å². The summed E-state index contributed by atoms with van der Waals surface area (Å²) in [5, 5.41) is 3.13. The molecule has 0 bridgehead atoms. The van der Waals surface area contributed by atoms with Crippen LogP contribution in [0, 0.1) is 0 Å². The normalized spacial score (nSPS) is 9.81. The van der Waals surface area contributed by atoms with E-state index in [4.69, 9.17) is 10.5 Å².